The van der Waals surface area contributed by atoms with Crippen LogP contribution in [0.1, 0.15) is 22.3 Å². The maximum Gasteiger partial charge on any atom is 0.143 e. The molecule has 0 fully saturated rings. The van der Waals surface area contributed by atoms with Crippen LogP contribution in [0.2, 0.25) is 0 Å². The quantitative estimate of drug-likeness (QED) is 0.195. The highest BCUT2D eigenvalue weighted by molar-refractivity contribution is 6.15. The molecule has 49 heavy (non-hydrogen) atoms. The van der Waals surface area contributed by atoms with Gasteiger partial charge in [0.2, 0.25) is 0 Å². The van der Waals surface area contributed by atoms with Gasteiger partial charge in [0, 0.05) is 33.2 Å². The number of hydrogen-bond acceptors (Lipinski definition) is 2. The average molecular weight is 624 g/mol. The summed E-state index contributed by atoms with van der Waals surface area (Å²) >= 11 is 0. The summed E-state index contributed by atoms with van der Waals surface area (Å²) in [6.07, 6.45) is 0. The summed E-state index contributed by atoms with van der Waals surface area (Å²) < 4.78 is 6.52. The van der Waals surface area contributed by atoms with Crippen molar-refractivity contribution in [2.45, 2.75) is 5.41 Å². The van der Waals surface area contributed by atoms with E-state index < -0.39 is 5.41 Å². The Morgan fingerprint density at radius 1 is 0.367 bits per heavy atom. The highest BCUT2D eigenvalue weighted by Crippen LogP contribution is 2.63. The van der Waals surface area contributed by atoms with Crippen LogP contribution in [0.3, 0.4) is 0 Å². The zero-order valence-corrected chi connectivity index (χ0v) is 26.6. The van der Waals surface area contributed by atoms with Crippen molar-refractivity contribution in [3.8, 4) is 22.3 Å². The largest absolute Gasteiger partial charge is 0.455 e. The fourth-order valence-corrected chi connectivity index (χ4v) is 8.88. The molecule has 0 aliphatic heterocycles. The molecule has 0 saturated heterocycles. The van der Waals surface area contributed by atoms with Crippen LogP contribution >= 0.6 is 0 Å². The molecule has 0 unspecified atom stereocenters. The van der Waals surface area contributed by atoms with Gasteiger partial charge in [-0.05, 0) is 98.4 Å². The van der Waals surface area contributed by atoms with Gasteiger partial charge in [0.25, 0.3) is 0 Å². The highest BCUT2D eigenvalue weighted by atomic mass is 16.3. The molecule has 0 radical (unpaired) electrons. The first-order valence-corrected chi connectivity index (χ1v) is 16.9. The smallest absolute Gasteiger partial charge is 0.143 e. The van der Waals surface area contributed by atoms with Gasteiger partial charge in [-0.2, -0.15) is 0 Å². The molecular formula is C47H29NO. The highest BCUT2D eigenvalue weighted by Gasteiger charge is 2.51. The summed E-state index contributed by atoms with van der Waals surface area (Å²) in [6.45, 7) is 0. The van der Waals surface area contributed by atoms with Crippen molar-refractivity contribution in [3.05, 3.63) is 198 Å². The molecule has 1 heterocycles. The third-order valence-electron chi connectivity index (χ3n) is 10.9. The molecule has 2 nitrogen and oxygen atoms in total. The Bertz CT molecular complexity index is 2730. The summed E-state index contributed by atoms with van der Waals surface area (Å²) in [5, 5.41) is 4.57. The van der Waals surface area contributed by atoms with Crippen molar-refractivity contribution >= 4 is 49.8 Å². The van der Waals surface area contributed by atoms with Crippen LogP contribution in [-0.4, -0.2) is 0 Å². The second-order valence-corrected chi connectivity index (χ2v) is 13.2. The van der Waals surface area contributed by atoms with Gasteiger partial charge >= 0.3 is 0 Å². The Balaban J connectivity index is 1.18. The Morgan fingerprint density at radius 2 is 0.939 bits per heavy atom. The van der Waals surface area contributed by atoms with Gasteiger partial charge in [0.15, 0.2) is 0 Å². The number of fused-ring (bicyclic) bond motifs is 15. The van der Waals surface area contributed by atoms with Crippen LogP contribution in [-0.2, 0) is 5.41 Å². The molecule has 2 aliphatic rings. The van der Waals surface area contributed by atoms with Gasteiger partial charge in [-0.1, -0.05) is 127 Å². The molecule has 1 spiro atoms. The Kier molecular flexibility index (Phi) is 5.34. The summed E-state index contributed by atoms with van der Waals surface area (Å²) in [5.41, 5.74) is 15.4. The second-order valence-electron chi connectivity index (χ2n) is 13.2. The first-order chi connectivity index (χ1) is 24.3. The van der Waals surface area contributed by atoms with Crippen LogP contribution in [0.15, 0.2) is 180 Å². The fraction of sp³-hybridized carbons (Fsp3) is 0.0213. The maximum atomic E-state index is 6.52. The van der Waals surface area contributed by atoms with E-state index in [9.17, 15) is 0 Å². The molecule has 0 N–H and O–H groups in total. The van der Waals surface area contributed by atoms with Crippen molar-refractivity contribution in [1.29, 1.82) is 0 Å². The number of nitrogens with zero attached hydrogens (tertiary/aromatic N) is 1. The zero-order chi connectivity index (χ0) is 32.1. The van der Waals surface area contributed by atoms with Crippen molar-refractivity contribution in [3.63, 3.8) is 0 Å². The van der Waals surface area contributed by atoms with Crippen LogP contribution in [0.4, 0.5) is 17.1 Å². The van der Waals surface area contributed by atoms with Crippen molar-refractivity contribution in [2.24, 2.45) is 0 Å². The minimum absolute atomic E-state index is 0.400. The lowest BCUT2D eigenvalue weighted by Gasteiger charge is -2.32. The number of para-hydroxylation sites is 1. The van der Waals surface area contributed by atoms with E-state index in [1.807, 2.05) is 0 Å². The number of rotatable bonds is 3. The van der Waals surface area contributed by atoms with Crippen LogP contribution in [0.5, 0.6) is 0 Å². The Labute approximate surface area is 284 Å². The van der Waals surface area contributed by atoms with Crippen molar-refractivity contribution in [1.82, 2.24) is 0 Å². The van der Waals surface area contributed by atoms with E-state index in [0.29, 0.717) is 0 Å². The van der Waals surface area contributed by atoms with E-state index in [2.05, 4.69) is 181 Å². The maximum absolute atomic E-state index is 6.52. The van der Waals surface area contributed by atoms with Crippen LogP contribution < -0.4 is 4.90 Å². The molecule has 0 bridgehead atoms. The van der Waals surface area contributed by atoms with Gasteiger partial charge in [0.1, 0.15) is 11.2 Å². The van der Waals surface area contributed by atoms with E-state index in [-0.39, 0.29) is 0 Å². The molecule has 8 aromatic carbocycles. The van der Waals surface area contributed by atoms with Crippen molar-refractivity contribution < 1.29 is 4.42 Å². The molecule has 0 atom stereocenters. The lowest BCUT2D eigenvalue weighted by Crippen LogP contribution is -2.26. The van der Waals surface area contributed by atoms with Gasteiger partial charge in [-0.3, -0.25) is 0 Å². The third kappa shape index (κ3) is 3.50. The summed E-state index contributed by atoms with van der Waals surface area (Å²) in [7, 11) is 0. The lowest BCUT2D eigenvalue weighted by atomic mass is 9.70. The zero-order valence-electron chi connectivity index (χ0n) is 26.6. The SMILES string of the molecule is c1ccc(N(c2ccc3c(c2)C2(c4ccccc4-c4ccccc42)c2ccccc2-3)c2ccc3oc4c5ccccc5ccc4c3c2)cc1. The number of hydrogen-bond donors (Lipinski definition) is 0. The van der Waals surface area contributed by atoms with E-state index in [0.717, 1.165) is 44.4 Å². The topological polar surface area (TPSA) is 16.4 Å². The minimum atomic E-state index is -0.400. The van der Waals surface area contributed by atoms with E-state index >= 15 is 0 Å². The van der Waals surface area contributed by atoms with Gasteiger partial charge in [0.05, 0.1) is 5.41 Å². The number of benzene rings is 8. The van der Waals surface area contributed by atoms with Gasteiger partial charge in [-0.25, -0.2) is 0 Å². The van der Waals surface area contributed by atoms with E-state index in [1.165, 1.54) is 49.9 Å². The normalized spacial score (nSPS) is 13.5. The Hall–Kier alpha value is -6.38. The van der Waals surface area contributed by atoms with Crippen molar-refractivity contribution in [2.75, 3.05) is 4.90 Å². The minimum Gasteiger partial charge on any atom is -0.455 e. The molecule has 9 aromatic rings. The average Bonchev–Trinajstić information content (AvgIpc) is 3.79. The molecule has 1 aromatic heterocycles. The molecule has 11 rings (SSSR count). The number of furan rings is 1. The standard InChI is InChI=1S/C47H29NO/c1-2-13-31(14-3-1)48(32-24-27-45-40(28-32)39-25-22-30-12-4-5-15-34(30)46(39)49-45)33-23-26-38-37-18-8-11-21-43(37)47(44(38)29-33)41-19-9-6-16-35(41)36-17-7-10-20-42(36)47/h1-29H. The summed E-state index contributed by atoms with van der Waals surface area (Å²) in [6, 6.07) is 64.2. The van der Waals surface area contributed by atoms with E-state index in [4.69, 9.17) is 4.42 Å². The summed E-state index contributed by atoms with van der Waals surface area (Å²) in [4.78, 5) is 2.39. The van der Waals surface area contributed by atoms with Gasteiger partial charge in [-0.15, -0.1) is 0 Å². The molecule has 2 aliphatic carbocycles. The second kappa shape index (κ2) is 9.82. The molecule has 0 saturated carbocycles. The number of anilines is 3. The first-order valence-electron chi connectivity index (χ1n) is 16.9. The third-order valence-corrected chi connectivity index (χ3v) is 10.9. The molecule has 2 heteroatoms. The van der Waals surface area contributed by atoms with E-state index in [1.54, 1.807) is 0 Å². The monoisotopic (exact) mass is 623 g/mol. The Morgan fingerprint density at radius 3 is 1.65 bits per heavy atom. The molecule has 0 amide bonds. The van der Waals surface area contributed by atoms with Gasteiger partial charge < -0.3 is 9.32 Å². The summed E-state index contributed by atoms with van der Waals surface area (Å²) in [5.74, 6) is 0. The predicted molar refractivity (Wildman–Crippen MR) is 202 cm³/mol. The first kappa shape index (κ1) is 26.7. The molecular weight excluding hydrogens is 595 g/mol. The van der Waals surface area contributed by atoms with Crippen LogP contribution in [0.25, 0.3) is 55.0 Å². The molecule has 228 valence electrons. The predicted octanol–water partition coefficient (Wildman–Crippen LogP) is 12.6. The lowest BCUT2D eigenvalue weighted by molar-refractivity contribution is 0.672. The fourth-order valence-electron chi connectivity index (χ4n) is 8.88. The van der Waals surface area contributed by atoms with Crippen LogP contribution in [0, 0.1) is 0 Å².